The Hall–Kier alpha value is -3.00. The summed E-state index contributed by atoms with van der Waals surface area (Å²) in [6, 6.07) is 15.2. The SMILES string of the molecule is COc1cccc(OC(C)c2nnc(SCC(=O)Nc3ccccc3C)n2CC(C)C)c1. The first-order chi connectivity index (χ1) is 15.4. The maximum atomic E-state index is 12.5. The fraction of sp³-hybridized carbons (Fsp3) is 0.375. The first-order valence-corrected chi connectivity index (χ1v) is 11.6. The number of hydrogen-bond donors (Lipinski definition) is 1. The summed E-state index contributed by atoms with van der Waals surface area (Å²) in [4.78, 5) is 12.5. The van der Waals surface area contributed by atoms with Crippen molar-refractivity contribution in [3.8, 4) is 11.5 Å². The molecule has 3 rings (SSSR count). The van der Waals surface area contributed by atoms with Crippen LogP contribution in [0.25, 0.3) is 0 Å². The third-order valence-electron chi connectivity index (χ3n) is 4.76. The molecule has 8 heteroatoms. The largest absolute Gasteiger partial charge is 0.497 e. The van der Waals surface area contributed by atoms with Gasteiger partial charge in [0, 0.05) is 18.3 Å². The van der Waals surface area contributed by atoms with Gasteiger partial charge in [0.25, 0.3) is 0 Å². The maximum Gasteiger partial charge on any atom is 0.234 e. The molecule has 3 aromatic rings. The fourth-order valence-electron chi connectivity index (χ4n) is 3.21. The second-order valence-electron chi connectivity index (χ2n) is 7.94. The van der Waals surface area contributed by atoms with Crippen molar-refractivity contribution in [1.82, 2.24) is 14.8 Å². The fourth-order valence-corrected chi connectivity index (χ4v) is 3.96. The van der Waals surface area contributed by atoms with E-state index in [0.717, 1.165) is 29.4 Å². The zero-order valence-electron chi connectivity index (χ0n) is 19.2. The number of amides is 1. The van der Waals surface area contributed by atoms with Gasteiger partial charge in [-0.25, -0.2) is 0 Å². The van der Waals surface area contributed by atoms with Crippen molar-refractivity contribution in [2.75, 3.05) is 18.2 Å². The van der Waals surface area contributed by atoms with E-state index in [2.05, 4.69) is 29.4 Å². The highest BCUT2D eigenvalue weighted by molar-refractivity contribution is 7.99. The second-order valence-corrected chi connectivity index (χ2v) is 8.88. The summed E-state index contributed by atoms with van der Waals surface area (Å²) in [7, 11) is 1.63. The van der Waals surface area contributed by atoms with Crippen LogP contribution in [0.1, 0.15) is 38.3 Å². The Morgan fingerprint density at radius 2 is 1.84 bits per heavy atom. The number of hydrogen-bond acceptors (Lipinski definition) is 6. The van der Waals surface area contributed by atoms with Crippen LogP contribution >= 0.6 is 11.8 Å². The zero-order valence-corrected chi connectivity index (χ0v) is 20.0. The molecule has 1 amide bonds. The number of benzene rings is 2. The molecule has 0 saturated carbocycles. The minimum absolute atomic E-state index is 0.0781. The number of aryl methyl sites for hydroxylation is 1. The van der Waals surface area contributed by atoms with E-state index < -0.39 is 0 Å². The quantitative estimate of drug-likeness (QED) is 0.428. The van der Waals surface area contributed by atoms with Crippen molar-refractivity contribution < 1.29 is 14.3 Å². The van der Waals surface area contributed by atoms with E-state index in [0.29, 0.717) is 16.8 Å². The number of thioether (sulfide) groups is 1. The molecule has 7 nitrogen and oxygen atoms in total. The molecular weight excluding hydrogens is 424 g/mol. The second kappa shape index (κ2) is 11.0. The van der Waals surface area contributed by atoms with Gasteiger partial charge in [0.2, 0.25) is 5.91 Å². The Balaban J connectivity index is 1.71. The zero-order chi connectivity index (χ0) is 23.1. The number of anilines is 1. The van der Waals surface area contributed by atoms with Gasteiger partial charge in [0.05, 0.1) is 12.9 Å². The van der Waals surface area contributed by atoms with Crippen LogP contribution in [0, 0.1) is 12.8 Å². The summed E-state index contributed by atoms with van der Waals surface area (Å²) in [6.45, 7) is 8.92. The Morgan fingerprint density at radius 3 is 2.56 bits per heavy atom. The molecule has 0 bridgehead atoms. The monoisotopic (exact) mass is 454 g/mol. The van der Waals surface area contributed by atoms with Crippen LogP contribution in [0.2, 0.25) is 0 Å². The predicted molar refractivity (Wildman–Crippen MR) is 127 cm³/mol. The summed E-state index contributed by atoms with van der Waals surface area (Å²) < 4.78 is 13.4. The average molecular weight is 455 g/mol. The number of nitrogens with zero attached hydrogens (tertiary/aromatic N) is 3. The molecule has 1 N–H and O–H groups in total. The highest BCUT2D eigenvalue weighted by Crippen LogP contribution is 2.27. The Labute approximate surface area is 193 Å². The van der Waals surface area contributed by atoms with Gasteiger partial charge >= 0.3 is 0 Å². The topological polar surface area (TPSA) is 78.3 Å². The lowest BCUT2D eigenvalue weighted by molar-refractivity contribution is -0.113. The summed E-state index contributed by atoms with van der Waals surface area (Å²) in [5, 5.41) is 12.4. The Morgan fingerprint density at radius 1 is 1.09 bits per heavy atom. The summed E-state index contributed by atoms with van der Waals surface area (Å²) >= 11 is 1.37. The first kappa shape index (κ1) is 23.7. The Kier molecular flexibility index (Phi) is 8.16. The normalized spacial score (nSPS) is 11.9. The molecule has 2 aromatic carbocycles. The Bertz CT molecular complexity index is 1050. The van der Waals surface area contributed by atoms with Crippen LogP contribution in [-0.2, 0) is 11.3 Å². The number of carbonyl (C=O) groups excluding carboxylic acids is 1. The molecule has 0 spiro atoms. The van der Waals surface area contributed by atoms with E-state index in [1.165, 1.54) is 11.8 Å². The van der Waals surface area contributed by atoms with Crippen molar-refractivity contribution in [3.05, 3.63) is 59.9 Å². The number of aromatic nitrogens is 3. The van der Waals surface area contributed by atoms with Gasteiger partial charge in [-0.15, -0.1) is 10.2 Å². The van der Waals surface area contributed by atoms with Gasteiger partial charge in [0.1, 0.15) is 11.5 Å². The van der Waals surface area contributed by atoms with Crippen LogP contribution in [-0.4, -0.2) is 33.5 Å². The standard InChI is InChI=1S/C24H30N4O3S/c1-16(2)14-28-23(18(4)31-20-11-8-10-19(13-20)30-5)26-27-24(28)32-15-22(29)25-21-12-7-6-9-17(21)3/h6-13,16,18H,14-15H2,1-5H3,(H,25,29). The molecular formula is C24H30N4O3S. The lowest BCUT2D eigenvalue weighted by Gasteiger charge is -2.18. The van der Waals surface area contributed by atoms with Gasteiger partial charge < -0.3 is 19.4 Å². The van der Waals surface area contributed by atoms with E-state index in [1.54, 1.807) is 7.11 Å². The van der Waals surface area contributed by atoms with Gasteiger partial charge in [-0.05, 0) is 43.5 Å². The number of carbonyl (C=O) groups is 1. The molecule has 0 fully saturated rings. The van der Waals surface area contributed by atoms with Gasteiger partial charge in [-0.1, -0.05) is 49.9 Å². The molecule has 0 radical (unpaired) electrons. The van der Waals surface area contributed by atoms with Crippen LogP contribution in [0.4, 0.5) is 5.69 Å². The minimum Gasteiger partial charge on any atom is -0.497 e. The van der Waals surface area contributed by atoms with Crippen molar-refractivity contribution in [2.24, 2.45) is 5.92 Å². The van der Waals surface area contributed by atoms with E-state index in [1.807, 2.05) is 66.9 Å². The molecule has 32 heavy (non-hydrogen) atoms. The number of nitrogens with one attached hydrogen (secondary N) is 1. The van der Waals surface area contributed by atoms with Crippen LogP contribution < -0.4 is 14.8 Å². The van der Waals surface area contributed by atoms with E-state index in [-0.39, 0.29) is 17.8 Å². The number of para-hydroxylation sites is 1. The lowest BCUT2D eigenvalue weighted by Crippen LogP contribution is -2.17. The summed E-state index contributed by atoms with van der Waals surface area (Å²) in [5.74, 6) is 2.70. The molecule has 1 aromatic heterocycles. The third kappa shape index (κ3) is 6.26. The van der Waals surface area contributed by atoms with E-state index >= 15 is 0 Å². The van der Waals surface area contributed by atoms with Gasteiger partial charge in [-0.3, -0.25) is 4.79 Å². The molecule has 0 aliphatic rings. The molecule has 0 saturated heterocycles. The lowest BCUT2D eigenvalue weighted by atomic mass is 10.2. The summed E-state index contributed by atoms with van der Waals surface area (Å²) in [6.07, 6.45) is -0.316. The molecule has 1 atom stereocenters. The number of rotatable bonds is 10. The number of ether oxygens (including phenoxy) is 2. The molecule has 1 heterocycles. The third-order valence-corrected chi connectivity index (χ3v) is 5.73. The average Bonchev–Trinajstić information content (AvgIpc) is 3.16. The smallest absolute Gasteiger partial charge is 0.234 e. The van der Waals surface area contributed by atoms with Gasteiger partial charge in [0.15, 0.2) is 17.1 Å². The molecule has 0 aliphatic carbocycles. The highest BCUT2D eigenvalue weighted by Gasteiger charge is 2.21. The van der Waals surface area contributed by atoms with Crippen LogP contribution in [0.15, 0.2) is 53.7 Å². The maximum absolute atomic E-state index is 12.5. The summed E-state index contributed by atoms with van der Waals surface area (Å²) in [5.41, 5.74) is 1.85. The van der Waals surface area contributed by atoms with Crippen molar-refractivity contribution in [2.45, 2.75) is 45.5 Å². The molecule has 1 unspecified atom stereocenters. The van der Waals surface area contributed by atoms with Crippen LogP contribution in [0.5, 0.6) is 11.5 Å². The van der Waals surface area contributed by atoms with Crippen molar-refractivity contribution in [1.29, 1.82) is 0 Å². The first-order valence-electron chi connectivity index (χ1n) is 10.6. The molecule has 0 aliphatic heterocycles. The van der Waals surface area contributed by atoms with Crippen LogP contribution in [0.3, 0.4) is 0 Å². The molecule has 170 valence electrons. The van der Waals surface area contributed by atoms with Crippen molar-refractivity contribution >= 4 is 23.4 Å². The van der Waals surface area contributed by atoms with E-state index in [9.17, 15) is 4.79 Å². The predicted octanol–water partition coefficient (Wildman–Crippen LogP) is 5.12. The highest BCUT2D eigenvalue weighted by atomic mass is 32.2. The van der Waals surface area contributed by atoms with Gasteiger partial charge in [-0.2, -0.15) is 0 Å². The number of methoxy groups -OCH3 is 1. The van der Waals surface area contributed by atoms with E-state index in [4.69, 9.17) is 9.47 Å². The van der Waals surface area contributed by atoms with Crippen molar-refractivity contribution in [3.63, 3.8) is 0 Å². The minimum atomic E-state index is -0.316.